The third kappa shape index (κ3) is 2.52. The van der Waals surface area contributed by atoms with Crippen molar-refractivity contribution in [2.24, 2.45) is 0 Å². The molecule has 0 saturated carbocycles. The quantitative estimate of drug-likeness (QED) is 0.895. The number of fused-ring (bicyclic) bond motifs is 1. The molecule has 1 aliphatic rings. The van der Waals surface area contributed by atoms with E-state index in [0.717, 1.165) is 24.2 Å². The van der Waals surface area contributed by atoms with Crippen LogP contribution in [0.15, 0.2) is 48.5 Å². The molecule has 2 aromatic rings. The van der Waals surface area contributed by atoms with Crippen molar-refractivity contribution in [1.82, 2.24) is 0 Å². The minimum absolute atomic E-state index is 0.0189. The lowest BCUT2D eigenvalue weighted by atomic mass is 10.1. The van der Waals surface area contributed by atoms with Crippen molar-refractivity contribution in [2.75, 3.05) is 10.6 Å². The molecule has 1 amide bonds. The second-order valence-electron chi connectivity index (χ2n) is 5.10. The largest absolute Gasteiger partial charge is 0.373 e. The number of carbonyl (C=O) groups excluding carboxylic acids is 1. The SMILES string of the molecule is CCc1ccc(NC(=O)C2Cc3ccccc3N2)cc1. The number of amides is 1. The van der Waals surface area contributed by atoms with Gasteiger partial charge in [-0.2, -0.15) is 0 Å². The highest BCUT2D eigenvalue weighted by Gasteiger charge is 2.26. The fourth-order valence-corrected chi connectivity index (χ4v) is 2.51. The normalized spacial score (nSPS) is 16.4. The zero-order valence-electron chi connectivity index (χ0n) is 11.5. The van der Waals surface area contributed by atoms with E-state index < -0.39 is 0 Å². The topological polar surface area (TPSA) is 41.1 Å². The van der Waals surface area contributed by atoms with Crippen LogP contribution in [0.4, 0.5) is 11.4 Å². The first-order valence-corrected chi connectivity index (χ1v) is 7.00. The highest BCUT2D eigenvalue weighted by atomic mass is 16.2. The van der Waals surface area contributed by atoms with E-state index in [1.807, 2.05) is 42.5 Å². The maximum absolute atomic E-state index is 12.3. The third-order valence-electron chi connectivity index (χ3n) is 3.72. The molecule has 102 valence electrons. The van der Waals surface area contributed by atoms with Gasteiger partial charge in [-0.05, 0) is 35.7 Å². The van der Waals surface area contributed by atoms with Crippen LogP contribution in [0, 0.1) is 0 Å². The van der Waals surface area contributed by atoms with Crippen LogP contribution in [0.2, 0.25) is 0 Å². The predicted octanol–water partition coefficient (Wildman–Crippen LogP) is 3.22. The second-order valence-corrected chi connectivity index (χ2v) is 5.10. The lowest BCUT2D eigenvalue weighted by Crippen LogP contribution is -2.32. The van der Waals surface area contributed by atoms with Gasteiger partial charge in [0.2, 0.25) is 5.91 Å². The van der Waals surface area contributed by atoms with E-state index in [1.54, 1.807) is 0 Å². The van der Waals surface area contributed by atoms with E-state index in [0.29, 0.717) is 0 Å². The summed E-state index contributed by atoms with van der Waals surface area (Å²) in [7, 11) is 0. The lowest BCUT2D eigenvalue weighted by Gasteiger charge is -2.12. The maximum atomic E-state index is 12.3. The van der Waals surface area contributed by atoms with Gasteiger partial charge in [-0.15, -0.1) is 0 Å². The van der Waals surface area contributed by atoms with Crippen LogP contribution in [0.3, 0.4) is 0 Å². The molecule has 0 aromatic heterocycles. The Morgan fingerprint density at radius 1 is 1.20 bits per heavy atom. The van der Waals surface area contributed by atoms with Gasteiger partial charge in [0.05, 0.1) is 0 Å². The van der Waals surface area contributed by atoms with E-state index in [9.17, 15) is 4.79 Å². The van der Waals surface area contributed by atoms with Gasteiger partial charge < -0.3 is 10.6 Å². The van der Waals surface area contributed by atoms with E-state index in [1.165, 1.54) is 11.1 Å². The Hall–Kier alpha value is -2.29. The summed E-state index contributed by atoms with van der Waals surface area (Å²) in [6.07, 6.45) is 1.75. The van der Waals surface area contributed by atoms with Crippen molar-refractivity contribution in [3.05, 3.63) is 59.7 Å². The van der Waals surface area contributed by atoms with Crippen LogP contribution in [-0.4, -0.2) is 11.9 Å². The average molecular weight is 266 g/mol. The van der Waals surface area contributed by atoms with Gasteiger partial charge in [0.25, 0.3) is 0 Å². The number of para-hydroxylation sites is 1. The highest BCUT2D eigenvalue weighted by molar-refractivity contribution is 5.98. The number of rotatable bonds is 3. The number of hydrogen-bond donors (Lipinski definition) is 2. The van der Waals surface area contributed by atoms with Gasteiger partial charge >= 0.3 is 0 Å². The summed E-state index contributed by atoms with van der Waals surface area (Å²) in [4.78, 5) is 12.3. The summed E-state index contributed by atoms with van der Waals surface area (Å²) >= 11 is 0. The first-order chi connectivity index (χ1) is 9.76. The van der Waals surface area contributed by atoms with Crippen LogP contribution in [0.25, 0.3) is 0 Å². The first kappa shape index (κ1) is 12.7. The summed E-state index contributed by atoms with van der Waals surface area (Å²) in [5.74, 6) is 0.0189. The zero-order valence-corrected chi connectivity index (χ0v) is 11.5. The number of aryl methyl sites for hydroxylation is 1. The summed E-state index contributed by atoms with van der Waals surface area (Å²) < 4.78 is 0. The van der Waals surface area contributed by atoms with E-state index in [4.69, 9.17) is 0 Å². The van der Waals surface area contributed by atoms with Gasteiger partial charge in [0, 0.05) is 17.8 Å². The molecule has 3 nitrogen and oxygen atoms in total. The number of benzene rings is 2. The summed E-state index contributed by atoms with van der Waals surface area (Å²) in [6.45, 7) is 2.12. The van der Waals surface area contributed by atoms with Gasteiger partial charge in [-0.25, -0.2) is 0 Å². The van der Waals surface area contributed by atoms with E-state index >= 15 is 0 Å². The van der Waals surface area contributed by atoms with E-state index in [2.05, 4.69) is 23.6 Å². The average Bonchev–Trinajstić information content (AvgIpc) is 2.92. The Morgan fingerprint density at radius 3 is 2.65 bits per heavy atom. The van der Waals surface area contributed by atoms with Crippen molar-refractivity contribution in [1.29, 1.82) is 0 Å². The van der Waals surface area contributed by atoms with Crippen LogP contribution in [0.1, 0.15) is 18.1 Å². The van der Waals surface area contributed by atoms with Crippen LogP contribution < -0.4 is 10.6 Å². The molecule has 2 N–H and O–H groups in total. The number of nitrogens with one attached hydrogen (secondary N) is 2. The van der Waals surface area contributed by atoms with Crippen molar-refractivity contribution in [3.8, 4) is 0 Å². The molecule has 1 unspecified atom stereocenters. The molecule has 0 aliphatic carbocycles. The van der Waals surface area contributed by atoms with Crippen molar-refractivity contribution in [2.45, 2.75) is 25.8 Å². The van der Waals surface area contributed by atoms with Crippen LogP contribution in [-0.2, 0) is 17.6 Å². The lowest BCUT2D eigenvalue weighted by molar-refractivity contribution is -0.116. The molecule has 1 atom stereocenters. The summed E-state index contributed by atoms with van der Waals surface area (Å²) in [5.41, 5.74) is 4.39. The molecule has 2 aromatic carbocycles. The molecule has 0 radical (unpaired) electrons. The second kappa shape index (κ2) is 5.37. The number of hydrogen-bond acceptors (Lipinski definition) is 2. The van der Waals surface area contributed by atoms with Crippen LogP contribution in [0.5, 0.6) is 0 Å². The monoisotopic (exact) mass is 266 g/mol. The molecule has 0 spiro atoms. The standard InChI is InChI=1S/C17H18N2O/c1-2-12-7-9-14(10-8-12)18-17(20)16-11-13-5-3-4-6-15(13)19-16/h3-10,16,19H,2,11H2,1H3,(H,18,20). The van der Waals surface area contributed by atoms with Gasteiger partial charge in [0.15, 0.2) is 0 Å². The third-order valence-corrected chi connectivity index (χ3v) is 3.72. The molecule has 3 rings (SSSR count). The summed E-state index contributed by atoms with van der Waals surface area (Å²) in [5, 5.41) is 6.23. The van der Waals surface area contributed by atoms with Crippen molar-refractivity contribution in [3.63, 3.8) is 0 Å². The molecule has 0 saturated heterocycles. The smallest absolute Gasteiger partial charge is 0.247 e. The molecule has 3 heteroatoms. The minimum Gasteiger partial charge on any atom is -0.373 e. The van der Waals surface area contributed by atoms with Crippen molar-refractivity contribution < 1.29 is 4.79 Å². The first-order valence-electron chi connectivity index (χ1n) is 7.00. The molecular weight excluding hydrogens is 248 g/mol. The maximum Gasteiger partial charge on any atom is 0.247 e. The Bertz CT molecular complexity index is 594. The van der Waals surface area contributed by atoms with Gasteiger partial charge in [-0.1, -0.05) is 37.3 Å². The van der Waals surface area contributed by atoms with Gasteiger partial charge in [0.1, 0.15) is 6.04 Å². The summed E-state index contributed by atoms with van der Waals surface area (Å²) in [6, 6.07) is 15.9. The Labute approximate surface area is 119 Å². The molecule has 20 heavy (non-hydrogen) atoms. The Balaban J connectivity index is 1.66. The number of anilines is 2. The predicted molar refractivity (Wildman–Crippen MR) is 82.0 cm³/mol. The molecule has 0 bridgehead atoms. The molecule has 0 fully saturated rings. The Morgan fingerprint density at radius 2 is 1.95 bits per heavy atom. The fraction of sp³-hybridized carbons (Fsp3) is 0.235. The van der Waals surface area contributed by atoms with E-state index in [-0.39, 0.29) is 11.9 Å². The van der Waals surface area contributed by atoms with Gasteiger partial charge in [-0.3, -0.25) is 4.79 Å². The van der Waals surface area contributed by atoms with Crippen LogP contribution >= 0.6 is 0 Å². The Kier molecular flexibility index (Phi) is 3.42. The minimum atomic E-state index is -0.182. The molecular formula is C17H18N2O. The van der Waals surface area contributed by atoms with Crippen molar-refractivity contribution >= 4 is 17.3 Å². The fourth-order valence-electron chi connectivity index (χ4n) is 2.51. The zero-order chi connectivity index (χ0) is 13.9. The molecule has 1 aliphatic heterocycles. The number of carbonyl (C=O) groups is 1. The highest BCUT2D eigenvalue weighted by Crippen LogP contribution is 2.25. The molecule has 1 heterocycles.